The van der Waals surface area contributed by atoms with Crippen molar-refractivity contribution in [1.82, 2.24) is 0 Å². The minimum absolute atomic E-state index is 0.812. The number of benzene rings is 2. The van der Waals surface area contributed by atoms with Gasteiger partial charge in [0.15, 0.2) is 0 Å². The van der Waals surface area contributed by atoms with Crippen LogP contribution in [0.25, 0.3) is 0 Å². The zero-order valence-electron chi connectivity index (χ0n) is 9.45. The van der Waals surface area contributed by atoms with Crippen LogP contribution >= 0.6 is 46.7 Å². The molecule has 0 unspecified atom stereocenters. The van der Waals surface area contributed by atoms with Crippen LogP contribution in [-0.2, 0) is 11.5 Å². The molecule has 0 fully saturated rings. The summed E-state index contributed by atoms with van der Waals surface area (Å²) in [6.45, 7) is 0. The van der Waals surface area contributed by atoms with Crippen molar-refractivity contribution in [2.45, 2.75) is 21.3 Å². The highest BCUT2D eigenvalue weighted by Crippen LogP contribution is 2.39. The minimum atomic E-state index is 0.812. The molecule has 2 aromatic carbocycles. The lowest BCUT2D eigenvalue weighted by molar-refractivity contribution is 1.20. The molecule has 18 heavy (non-hydrogen) atoms. The first-order chi connectivity index (χ1) is 8.72. The molecule has 0 aliphatic carbocycles. The molecule has 0 spiro atoms. The second-order valence-electron chi connectivity index (χ2n) is 4.08. The fourth-order valence-corrected chi connectivity index (χ4v) is 4.55. The standard InChI is InChI=1S/C14H10Cl2S2/c15-11-1-3-13-9(5-11)7-18-14-4-2-12(16)6-10(14)8-17-13/h1-6H,7-8H2. The van der Waals surface area contributed by atoms with Crippen molar-refractivity contribution in [3.05, 3.63) is 57.6 Å². The molecule has 4 heteroatoms. The quantitative estimate of drug-likeness (QED) is 0.594. The molecule has 0 saturated carbocycles. The van der Waals surface area contributed by atoms with Crippen molar-refractivity contribution < 1.29 is 0 Å². The Morgan fingerprint density at radius 3 is 1.61 bits per heavy atom. The van der Waals surface area contributed by atoms with Crippen LogP contribution in [0.15, 0.2) is 46.2 Å². The summed E-state index contributed by atoms with van der Waals surface area (Å²) in [6.07, 6.45) is 0. The van der Waals surface area contributed by atoms with Crippen LogP contribution in [-0.4, -0.2) is 0 Å². The Morgan fingerprint density at radius 1 is 0.722 bits per heavy atom. The van der Waals surface area contributed by atoms with Crippen LogP contribution in [0, 0.1) is 0 Å². The van der Waals surface area contributed by atoms with Crippen molar-refractivity contribution in [2.24, 2.45) is 0 Å². The second kappa shape index (κ2) is 5.38. The van der Waals surface area contributed by atoms with E-state index in [-0.39, 0.29) is 0 Å². The molecule has 1 aliphatic heterocycles. The lowest BCUT2D eigenvalue weighted by Gasteiger charge is -2.16. The monoisotopic (exact) mass is 312 g/mol. The normalized spacial score (nSPS) is 14.3. The SMILES string of the molecule is Clc1ccc2c(c1)CSc1ccc(Cl)cc1CS2. The van der Waals surface area contributed by atoms with E-state index in [4.69, 9.17) is 23.2 Å². The molecule has 0 aromatic heterocycles. The van der Waals surface area contributed by atoms with Gasteiger partial charge in [0.2, 0.25) is 0 Å². The maximum Gasteiger partial charge on any atom is 0.0409 e. The number of halogens is 2. The van der Waals surface area contributed by atoms with Gasteiger partial charge in [0.25, 0.3) is 0 Å². The van der Waals surface area contributed by atoms with E-state index in [1.54, 1.807) is 0 Å². The maximum atomic E-state index is 6.06. The Kier molecular flexibility index (Phi) is 3.81. The van der Waals surface area contributed by atoms with Gasteiger partial charge in [-0.15, -0.1) is 23.5 Å². The molecule has 3 rings (SSSR count). The number of fused-ring (bicyclic) bond motifs is 2. The highest BCUT2D eigenvalue weighted by Gasteiger charge is 2.13. The van der Waals surface area contributed by atoms with Gasteiger partial charge >= 0.3 is 0 Å². The van der Waals surface area contributed by atoms with Crippen LogP contribution < -0.4 is 0 Å². The molecule has 0 nitrogen and oxygen atoms in total. The molecule has 0 saturated heterocycles. The zero-order valence-corrected chi connectivity index (χ0v) is 12.6. The van der Waals surface area contributed by atoms with E-state index in [1.165, 1.54) is 20.9 Å². The summed E-state index contributed by atoms with van der Waals surface area (Å²) in [5.41, 5.74) is 2.64. The first-order valence-electron chi connectivity index (χ1n) is 5.55. The second-order valence-corrected chi connectivity index (χ2v) is 6.99. The summed E-state index contributed by atoms with van der Waals surface area (Å²) >= 11 is 15.8. The molecule has 0 amide bonds. The third-order valence-corrected chi connectivity index (χ3v) is 5.61. The van der Waals surface area contributed by atoms with E-state index in [1.807, 2.05) is 35.7 Å². The lowest BCUT2D eigenvalue weighted by Crippen LogP contribution is -1.94. The highest BCUT2D eigenvalue weighted by atomic mass is 35.5. The summed E-state index contributed by atoms with van der Waals surface area (Å²) in [5.74, 6) is 1.91. The van der Waals surface area contributed by atoms with Gasteiger partial charge < -0.3 is 0 Å². The Morgan fingerprint density at radius 2 is 1.17 bits per heavy atom. The summed E-state index contributed by atoms with van der Waals surface area (Å²) in [5, 5.41) is 1.62. The molecule has 0 bridgehead atoms. The Labute approximate surface area is 125 Å². The molecular formula is C14H10Cl2S2. The Balaban J connectivity index is 1.96. The van der Waals surface area contributed by atoms with Crippen molar-refractivity contribution in [1.29, 1.82) is 0 Å². The van der Waals surface area contributed by atoms with Crippen LogP contribution in [0.4, 0.5) is 0 Å². The predicted molar refractivity (Wildman–Crippen MR) is 82.0 cm³/mol. The van der Waals surface area contributed by atoms with E-state index in [2.05, 4.69) is 24.3 Å². The summed E-state index contributed by atoms with van der Waals surface area (Å²) in [7, 11) is 0. The third kappa shape index (κ3) is 2.67. The molecule has 92 valence electrons. The molecule has 1 heterocycles. The van der Waals surface area contributed by atoms with E-state index >= 15 is 0 Å². The largest absolute Gasteiger partial charge is 0.121 e. The molecule has 0 radical (unpaired) electrons. The van der Waals surface area contributed by atoms with E-state index in [0.29, 0.717) is 0 Å². The Bertz CT molecular complexity index is 543. The van der Waals surface area contributed by atoms with Gasteiger partial charge in [0.1, 0.15) is 0 Å². The predicted octanol–water partition coefficient (Wildman–Crippen LogP) is 5.89. The highest BCUT2D eigenvalue weighted by molar-refractivity contribution is 8.00. The maximum absolute atomic E-state index is 6.06. The molecule has 1 aliphatic rings. The van der Waals surface area contributed by atoms with Crippen molar-refractivity contribution in [3.8, 4) is 0 Å². The topological polar surface area (TPSA) is 0 Å². The first kappa shape index (κ1) is 12.7. The number of hydrogen-bond donors (Lipinski definition) is 0. The number of rotatable bonds is 0. The zero-order chi connectivity index (χ0) is 12.5. The van der Waals surface area contributed by atoms with E-state index in [0.717, 1.165) is 21.6 Å². The molecule has 2 aromatic rings. The minimum Gasteiger partial charge on any atom is -0.121 e. The third-order valence-electron chi connectivity index (χ3n) is 2.81. The summed E-state index contributed by atoms with van der Waals surface area (Å²) in [6, 6.07) is 12.3. The van der Waals surface area contributed by atoms with Crippen LogP contribution in [0.5, 0.6) is 0 Å². The lowest BCUT2D eigenvalue weighted by atomic mass is 10.2. The van der Waals surface area contributed by atoms with Crippen LogP contribution in [0.2, 0.25) is 10.0 Å². The van der Waals surface area contributed by atoms with Crippen molar-refractivity contribution >= 4 is 46.7 Å². The van der Waals surface area contributed by atoms with Gasteiger partial charge in [-0.05, 0) is 47.5 Å². The van der Waals surface area contributed by atoms with Gasteiger partial charge in [-0.2, -0.15) is 0 Å². The van der Waals surface area contributed by atoms with Crippen molar-refractivity contribution in [2.75, 3.05) is 0 Å². The average molecular weight is 313 g/mol. The average Bonchev–Trinajstić information content (AvgIpc) is 2.34. The van der Waals surface area contributed by atoms with Gasteiger partial charge in [-0.25, -0.2) is 0 Å². The fraction of sp³-hybridized carbons (Fsp3) is 0.143. The van der Waals surface area contributed by atoms with E-state index in [9.17, 15) is 0 Å². The fourth-order valence-electron chi connectivity index (χ4n) is 1.91. The van der Waals surface area contributed by atoms with Crippen LogP contribution in [0.3, 0.4) is 0 Å². The molecule has 0 N–H and O–H groups in total. The summed E-state index contributed by atoms with van der Waals surface area (Å²) < 4.78 is 0. The number of hydrogen-bond acceptors (Lipinski definition) is 2. The molecule has 0 atom stereocenters. The molecular weight excluding hydrogens is 303 g/mol. The number of thioether (sulfide) groups is 2. The van der Waals surface area contributed by atoms with Gasteiger partial charge in [0.05, 0.1) is 0 Å². The van der Waals surface area contributed by atoms with Gasteiger partial charge in [0, 0.05) is 31.3 Å². The van der Waals surface area contributed by atoms with E-state index < -0.39 is 0 Å². The van der Waals surface area contributed by atoms with Crippen LogP contribution in [0.1, 0.15) is 11.1 Å². The first-order valence-corrected chi connectivity index (χ1v) is 8.27. The van der Waals surface area contributed by atoms with Gasteiger partial charge in [-0.1, -0.05) is 23.2 Å². The Hall–Kier alpha value is -0.280. The van der Waals surface area contributed by atoms with Gasteiger partial charge in [-0.3, -0.25) is 0 Å². The summed E-state index contributed by atoms with van der Waals surface area (Å²) in [4.78, 5) is 2.63. The van der Waals surface area contributed by atoms with Crippen molar-refractivity contribution in [3.63, 3.8) is 0 Å². The smallest absolute Gasteiger partial charge is 0.0409 e.